The number of fused-ring (bicyclic) bond motifs is 1. The molecule has 37 heavy (non-hydrogen) atoms. The number of nitrogens with one attached hydrogen (secondary N) is 1. The van der Waals surface area contributed by atoms with Gasteiger partial charge in [-0.2, -0.15) is 5.10 Å². The van der Waals surface area contributed by atoms with Gasteiger partial charge in [-0.3, -0.25) is 9.48 Å². The number of aromatic nitrogens is 2. The highest BCUT2D eigenvalue weighted by Gasteiger charge is 2.22. The maximum atomic E-state index is 13.0. The van der Waals surface area contributed by atoms with Crippen molar-refractivity contribution in [1.82, 2.24) is 15.1 Å². The molecule has 0 bridgehead atoms. The van der Waals surface area contributed by atoms with E-state index in [1.807, 2.05) is 66.2 Å². The van der Waals surface area contributed by atoms with Crippen LogP contribution in [0.5, 0.6) is 0 Å². The minimum Gasteiger partial charge on any atom is -0.478 e. The molecule has 4 aromatic rings. The van der Waals surface area contributed by atoms with Crippen molar-refractivity contribution in [2.24, 2.45) is 5.92 Å². The minimum absolute atomic E-state index is 0.0237. The number of carboxylic acid groups (broad SMARTS) is 1. The smallest absolute Gasteiger partial charge is 0.336 e. The van der Waals surface area contributed by atoms with Crippen LogP contribution < -0.4 is 5.32 Å². The zero-order valence-corrected chi connectivity index (χ0v) is 21.4. The summed E-state index contributed by atoms with van der Waals surface area (Å²) in [7, 11) is 0. The molecular formula is C31H33N3O3. The van der Waals surface area contributed by atoms with E-state index in [1.165, 1.54) is 32.1 Å². The highest BCUT2D eigenvalue weighted by Crippen LogP contribution is 2.28. The summed E-state index contributed by atoms with van der Waals surface area (Å²) in [5.41, 5.74) is 5.44. The Balaban J connectivity index is 1.33. The molecule has 0 saturated heterocycles. The summed E-state index contributed by atoms with van der Waals surface area (Å²) in [6, 6.07) is 20.9. The van der Waals surface area contributed by atoms with Gasteiger partial charge < -0.3 is 10.4 Å². The van der Waals surface area contributed by atoms with Crippen molar-refractivity contribution in [3.63, 3.8) is 0 Å². The molecule has 1 aliphatic rings. The van der Waals surface area contributed by atoms with Gasteiger partial charge >= 0.3 is 5.97 Å². The third-order valence-electron chi connectivity index (χ3n) is 7.67. The summed E-state index contributed by atoms with van der Waals surface area (Å²) in [6.07, 6.45) is 6.21. The zero-order valence-electron chi connectivity index (χ0n) is 21.4. The Bertz CT molecular complexity index is 1430. The molecule has 1 atom stereocenters. The molecule has 1 aliphatic carbocycles. The lowest BCUT2D eigenvalue weighted by Gasteiger charge is -2.28. The summed E-state index contributed by atoms with van der Waals surface area (Å²) < 4.78 is 1.96. The average Bonchev–Trinajstić information content (AvgIpc) is 3.23. The van der Waals surface area contributed by atoms with Crippen LogP contribution in [-0.4, -0.2) is 32.8 Å². The van der Waals surface area contributed by atoms with Crippen LogP contribution in [0.25, 0.3) is 22.0 Å². The van der Waals surface area contributed by atoms with Gasteiger partial charge in [0.15, 0.2) is 0 Å². The number of carbonyl (C=O) groups is 2. The Kier molecular flexibility index (Phi) is 7.08. The van der Waals surface area contributed by atoms with Crippen molar-refractivity contribution in [3.05, 3.63) is 89.1 Å². The molecule has 1 amide bonds. The molecule has 6 nitrogen and oxygen atoms in total. The van der Waals surface area contributed by atoms with Gasteiger partial charge in [0, 0.05) is 17.0 Å². The third kappa shape index (κ3) is 5.29. The van der Waals surface area contributed by atoms with Gasteiger partial charge in [-0.15, -0.1) is 0 Å². The van der Waals surface area contributed by atoms with Gasteiger partial charge in [0.25, 0.3) is 5.91 Å². The number of aromatic carboxylic acids is 1. The number of benzene rings is 3. The highest BCUT2D eigenvalue weighted by molar-refractivity contribution is 5.99. The fraction of sp³-hybridized carbons (Fsp3) is 0.323. The van der Waals surface area contributed by atoms with Crippen LogP contribution in [0.3, 0.4) is 0 Å². The van der Waals surface area contributed by atoms with Crippen LogP contribution in [0, 0.1) is 12.8 Å². The predicted octanol–water partition coefficient (Wildman–Crippen LogP) is 6.46. The molecule has 1 fully saturated rings. The lowest BCUT2D eigenvalue weighted by molar-refractivity contribution is 0.0697. The van der Waals surface area contributed by atoms with Gasteiger partial charge in [-0.25, -0.2) is 4.79 Å². The Morgan fingerprint density at radius 3 is 2.49 bits per heavy atom. The second-order valence-corrected chi connectivity index (χ2v) is 10.2. The third-order valence-corrected chi connectivity index (χ3v) is 7.67. The first-order valence-electron chi connectivity index (χ1n) is 13.1. The molecule has 0 aliphatic heterocycles. The molecule has 3 aromatic carbocycles. The van der Waals surface area contributed by atoms with E-state index in [4.69, 9.17) is 5.10 Å². The molecule has 0 unspecified atom stereocenters. The lowest BCUT2D eigenvalue weighted by atomic mass is 9.84. The van der Waals surface area contributed by atoms with E-state index in [0.29, 0.717) is 23.6 Å². The molecule has 0 radical (unpaired) electrons. The first kappa shape index (κ1) is 24.8. The number of carboxylic acids is 1. The molecule has 5 rings (SSSR count). The molecule has 190 valence electrons. The highest BCUT2D eigenvalue weighted by atomic mass is 16.4. The van der Waals surface area contributed by atoms with Gasteiger partial charge in [0.05, 0.1) is 23.3 Å². The second kappa shape index (κ2) is 10.6. The maximum Gasteiger partial charge on any atom is 0.336 e. The van der Waals surface area contributed by atoms with Crippen molar-refractivity contribution in [1.29, 1.82) is 0 Å². The summed E-state index contributed by atoms with van der Waals surface area (Å²) in [5.74, 6) is -0.395. The lowest BCUT2D eigenvalue weighted by Crippen LogP contribution is -2.38. The van der Waals surface area contributed by atoms with Crippen molar-refractivity contribution >= 4 is 22.8 Å². The zero-order chi connectivity index (χ0) is 25.9. The second-order valence-electron chi connectivity index (χ2n) is 10.2. The first-order valence-corrected chi connectivity index (χ1v) is 13.1. The Hall–Kier alpha value is -3.93. The van der Waals surface area contributed by atoms with Crippen molar-refractivity contribution in [2.75, 3.05) is 0 Å². The maximum absolute atomic E-state index is 13.0. The average molecular weight is 496 g/mol. The van der Waals surface area contributed by atoms with Gasteiger partial charge in [-0.1, -0.05) is 61.7 Å². The van der Waals surface area contributed by atoms with Gasteiger partial charge in [0.2, 0.25) is 0 Å². The van der Waals surface area contributed by atoms with E-state index >= 15 is 0 Å². The fourth-order valence-electron chi connectivity index (χ4n) is 5.53. The number of amides is 1. The van der Waals surface area contributed by atoms with Gasteiger partial charge in [-0.05, 0) is 73.6 Å². The van der Waals surface area contributed by atoms with E-state index in [0.717, 1.165) is 27.7 Å². The van der Waals surface area contributed by atoms with Crippen molar-refractivity contribution < 1.29 is 14.7 Å². The van der Waals surface area contributed by atoms with E-state index in [1.54, 1.807) is 12.1 Å². The minimum atomic E-state index is -0.936. The van der Waals surface area contributed by atoms with E-state index in [-0.39, 0.29) is 17.5 Å². The summed E-state index contributed by atoms with van der Waals surface area (Å²) in [4.78, 5) is 24.6. The van der Waals surface area contributed by atoms with Crippen molar-refractivity contribution in [2.45, 2.75) is 58.5 Å². The fourth-order valence-corrected chi connectivity index (χ4v) is 5.53. The van der Waals surface area contributed by atoms with Crippen LogP contribution in [0.1, 0.15) is 71.0 Å². The van der Waals surface area contributed by atoms with Crippen LogP contribution >= 0.6 is 0 Å². The van der Waals surface area contributed by atoms with E-state index in [9.17, 15) is 14.7 Å². The Labute approximate surface area is 217 Å². The largest absolute Gasteiger partial charge is 0.478 e. The molecule has 1 aromatic heterocycles. The van der Waals surface area contributed by atoms with Crippen molar-refractivity contribution in [3.8, 4) is 11.1 Å². The van der Waals surface area contributed by atoms with Crippen LogP contribution in [0.15, 0.2) is 66.7 Å². The first-order chi connectivity index (χ1) is 17.9. The summed E-state index contributed by atoms with van der Waals surface area (Å²) in [6.45, 7) is 4.67. The SMILES string of the molecule is Cc1nn(Cc2ccc(-c3ccccc3C(=O)O)cc2)c2ccc(C(=O)N[C@@H](C)C3CCCCC3)cc12. The number of aryl methyl sites for hydroxylation is 1. The quantitative estimate of drug-likeness (QED) is 0.308. The number of nitrogens with zero attached hydrogens (tertiary/aromatic N) is 2. The van der Waals surface area contributed by atoms with Crippen LogP contribution in [-0.2, 0) is 6.54 Å². The van der Waals surface area contributed by atoms with E-state index < -0.39 is 5.97 Å². The monoisotopic (exact) mass is 495 g/mol. The predicted molar refractivity (Wildman–Crippen MR) is 146 cm³/mol. The number of carbonyl (C=O) groups excluding carboxylic acids is 1. The topological polar surface area (TPSA) is 84.2 Å². The van der Waals surface area contributed by atoms with Gasteiger partial charge in [0.1, 0.15) is 0 Å². The molecule has 1 heterocycles. The number of hydrogen-bond donors (Lipinski definition) is 2. The van der Waals surface area contributed by atoms with Crippen LogP contribution in [0.2, 0.25) is 0 Å². The van der Waals surface area contributed by atoms with Crippen LogP contribution in [0.4, 0.5) is 0 Å². The molecule has 0 spiro atoms. The molecule has 1 saturated carbocycles. The normalized spacial score (nSPS) is 15.0. The van der Waals surface area contributed by atoms with E-state index in [2.05, 4.69) is 12.2 Å². The Morgan fingerprint density at radius 2 is 1.76 bits per heavy atom. The molecule has 6 heteroatoms. The molecular weight excluding hydrogens is 462 g/mol. The summed E-state index contributed by atoms with van der Waals surface area (Å²) in [5, 5.41) is 18.4. The number of rotatable bonds is 7. The standard InChI is InChI=1S/C31H33N3O3/c1-20(23-8-4-3-5-9-23)32-30(35)25-16-17-29-28(18-25)21(2)33-34(29)19-22-12-14-24(15-13-22)26-10-6-7-11-27(26)31(36)37/h6-7,10-18,20,23H,3-5,8-9,19H2,1-2H3,(H,32,35)(H,36,37)/t20-/m0/s1. The Morgan fingerprint density at radius 1 is 1.03 bits per heavy atom. The summed E-state index contributed by atoms with van der Waals surface area (Å²) >= 11 is 0. The molecule has 2 N–H and O–H groups in total. The number of hydrogen-bond acceptors (Lipinski definition) is 3.